The molecule has 0 unspecified atom stereocenters. The van der Waals surface area contributed by atoms with Gasteiger partial charge < -0.3 is 142 Å². The zero-order valence-electron chi connectivity index (χ0n) is 45.7. The summed E-state index contributed by atoms with van der Waals surface area (Å²) in [6.45, 7) is -13.1. The topological polar surface area (TPSA) is 611 Å². The van der Waals surface area contributed by atoms with Crippen molar-refractivity contribution < 1.29 is 180 Å². The first-order valence-electron chi connectivity index (χ1n) is 26.0. The first-order valence-corrected chi connectivity index (χ1v) is 26.0. The van der Waals surface area contributed by atoms with E-state index in [1.807, 2.05) is 0 Å². The van der Waals surface area contributed by atoms with Gasteiger partial charge in [0.15, 0.2) is 24.4 Å². The summed E-state index contributed by atoms with van der Waals surface area (Å²) in [7, 11) is 0. The second-order valence-electron chi connectivity index (χ2n) is 18.8. The van der Waals surface area contributed by atoms with Crippen LogP contribution in [0.3, 0.4) is 0 Å². The van der Waals surface area contributed by atoms with E-state index in [0.29, 0.717) is 0 Å². The summed E-state index contributed by atoms with van der Waals surface area (Å²) in [5, 5.41) is 201. The maximum Gasteiger partial charge on any atom is 3.00 e. The van der Waals surface area contributed by atoms with Crippen LogP contribution in [0.25, 0.3) is 0 Å². The number of amides is 6. The Bertz CT molecular complexity index is 1770. The number of aliphatic carboxylic acids is 3. The molecule has 37 nitrogen and oxygen atoms in total. The van der Waals surface area contributed by atoms with Gasteiger partial charge in [0.1, 0.15) is 24.4 Å². The maximum absolute atomic E-state index is 13.8. The van der Waals surface area contributed by atoms with Gasteiger partial charge in [-0.2, -0.15) is 0 Å². The van der Waals surface area contributed by atoms with E-state index in [1.165, 1.54) is 0 Å². The molecule has 0 aromatic heterocycles. The number of nitrogens with zero attached hydrogens (tertiary/aromatic N) is 5. The molecule has 84 heavy (non-hydrogen) atoms. The Morgan fingerprint density at radius 1 is 0.321 bits per heavy atom. The van der Waals surface area contributed by atoms with E-state index in [-0.39, 0.29) is 39.9 Å². The quantitative estimate of drug-likeness (QED) is 0.0269. The van der Waals surface area contributed by atoms with E-state index in [2.05, 4.69) is 21.3 Å². The molecule has 0 spiro atoms. The van der Waals surface area contributed by atoms with Crippen molar-refractivity contribution in [1.82, 2.24) is 45.8 Å². The van der Waals surface area contributed by atoms with Gasteiger partial charge in [-0.25, -0.2) is 0 Å². The van der Waals surface area contributed by atoms with Gasteiger partial charge in [0.2, 0.25) is 11.8 Å². The minimum absolute atomic E-state index is 0. The second kappa shape index (κ2) is 45.1. The Morgan fingerprint density at radius 3 is 0.726 bits per heavy atom. The Balaban J connectivity index is 0. The fourth-order valence-corrected chi connectivity index (χ4v) is 7.47. The van der Waals surface area contributed by atoms with E-state index < -0.39 is 290 Å². The van der Waals surface area contributed by atoms with Crippen LogP contribution < -0.4 is 36.6 Å². The van der Waals surface area contributed by atoms with Crippen molar-refractivity contribution in [1.29, 1.82) is 0 Å². The number of aliphatic hydroxyl groups excluding tert-OH is 16. The monoisotopic (exact) mass is 1370 g/mol. The first-order chi connectivity index (χ1) is 39.0. The Labute approximate surface area is 513 Å². The molecular formula is C46H82GdN9O28. The summed E-state index contributed by atoms with van der Waals surface area (Å²) >= 11 is 0. The van der Waals surface area contributed by atoms with E-state index in [4.69, 9.17) is 20.4 Å². The normalized spacial score (nSPS) is 15.8. The van der Waals surface area contributed by atoms with Crippen molar-refractivity contribution in [2.75, 3.05) is 138 Å². The molecule has 487 valence electrons. The predicted molar refractivity (Wildman–Crippen MR) is 268 cm³/mol. The number of carbonyl (C=O) groups is 9. The van der Waals surface area contributed by atoms with Crippen molar-refractivity contribution in [2.24, 2.45) is 0 Å². The van der Waals surface area contributed by atoms with Crippen molar-refractivity contribution in [3.63, 3.8) is 0 Å². The average Bonchev–Trinajstić information content (AvgIpc) is 3.44. The van der Waals surface area contributed by atoms with E-state index >= 15 is 0 Å². The number of hydrogen-bond donors (Lipinski definition) is 20. The standard InChI is InChI=1S/C46H85N9O28.Gd/c56-17-1-26(60)35(72)39(76)43(80)47-5-9-54(10-6-48-44(81)40(77)36(73)27(61)2-18-57)30(64)21-52(24-33(68)69)15-13-51(23-32(66)67)14-16-53(25-34(70)71)22-31(65)55(11-7-49-45(82)41(78)37(74)28(62)3-19-58)12-8-50-46(83)42(79)38(75)29(63)4-20-59;/h26-29,35-42,56-63,72-79H,1-25H2,(H,47,80)(H,48,81)(H,49,82)(H,50,83)(H,66,67)(H,68,69)(H,70,71);/q;+3/p-3/t26-,27-,28-,29-,35-,36-,37-,38-,39-,40-,41-,42-;/m0./s1. The summed E-state index contributed by atoms with van der Waals surface area (Å²) in [4.78, 5) is 118. The molecule has 12 atom stereocenters. The molecule has 38 heteroatoms. The molecule has 1 radical (unpaired) electrons. The molecule has 20 N–H and O–H groups in total. The van der Waals surface area contributed by atoms with Gasteiger partial charge in [0.05, 0.1) is 55.4 Å². The summed E-state index contributed by atoms with van der Waals surface area (Å²) in [5.41, 5.74) is 0. The zero-order valence-corrected chi connectivity index (χ0v) is 48.0. The molecule has 0 bridgehead atoms. The van der Waals surface area contributed by atoms with E-state index in [0.717, 1.165) is 24.5 Å². The number of carboxylic acids is 3. The summed E-state index contributed by atoms with van der Waals surface area (Å²) in [6, 6.07) is 0. The Morgan fingerprint density at radius 2 is 0.524 bits per heavy atom. The molecular weight excluding hydrogens is 1280 g/mol. The smallest absolute Gasteiger partial charge is 0.549 e. The van der Waals surface area contributed by atoms with Crippen LogP contribution in [0.4, 0.5) is 0 Å². The van der Waals surface area contributed by atoms with Crippen LogP contribution in [0.1, 0.15) is 25.7 Å². The van der Waals surface area contributed by atoms with Gasteiger partial charge in [-0.05, 0) is 25.7 Å². The third-order valence-corrected chi connectivity index (χ3v) is 12.3. The summed E-state index contributed by atoms with van der Waals surface area (Å²) in [5.74, 6) is -12.2. The van der Waals surface area contributed by atoms with Gasteiger partial charge in [0, 0.05) is 125 Å². The number of nitrogens with one attached hydrogen (secondary N) is 4. The predicted octanol–water partition coefficient (Wildman–Crippen LogP) is -18.9. The number of carbonyl (C=O) groups excluding carboxylic acids is 9. The number of carboxylic acid groups (broad SMARTS) is 3. The molecule has 0 aliphatic rings. The molecule has 6 amide bonds. The molecule has 0 saturated carbocycles. The maximum atomic E-state index is 13.8. The van der Waals surface area contributed by atoms with Crippen molar-refractivity contribution in [3.05, 3.63) is 0 Å². The second-order valence-corrected chi connectivity index (χ2v) is 18.8. The molecule has 0 fully saturated rings. The van der Waals surface area contributed by atoms with Gasteiger partial charge in [0.25, 0.3) is 23.6 Å². The first kappa shape index (κ1) is 81.9. The summed E-state index contributed by atoms with van der Waals surface area (Å²) < 4.78 is 0. The molecule has 0 aliphatic heterocycles. The van der Waals surface area contributed by atoms with Gasteiger partial charge in [-0.1, -0.05) is 0 Å². The fraction of sp³-hybridized carbons (Fsp3) is 0.804. The molecule has 0 aliphatic carbocycles. The van der Waals surface area contributed by atoms with E-state index in [1.54, 1.807) is 0 Å². The molecule has 0 rings (SSSR count). The van der Waals surface area contributed by atoms with Crippen LogP contribution in [0.15, 0.2) is 0 Å². The van der Waals surface area contributed by atoms with Crippen molar-refractivity contribution >= 4 is 53.4 Å². The number of rotatable bonds is 48. The number of hydrogen-bond acceptors (Lipinski definition) is 31. The zero-order chi connectivity index (χ0) is 63.5. The third-order valence-electron chi connectivity index (χ3n) is 12.3. The molecule has 0 aromatic rings. The fourth-order valence-electron chi connectivity index (χ4n) is 7.47. The van der Waals surface area contributed by atoms with Crippen LogP contribution in [-0.4, -0.2) is 370 Å². The number of aliphatic hydroxyl groups is 16. The minimum Gasteiger partial charge on any atom is -0.549 e. The Hall–Kier alpha value is -4.21. The van der Waals surface area contributed by atoms with Crippen LogP contribution >= 0.6 is 0 Å². The van der Waals surface area contributed by atoms with Crippen LogP contribution in [-0.2, 0) is 43.2 Å². The van der Waals surface area contributed by atoms with Crippen molar-refractivity contribution in [3.8, 4) is 0 Å². The van der Waals surface area contributed by atoms with Gasteiger partial charge in [-0.3, -0.25) is 43.5 Å². The van der Waals surface area contributed by atoms with Crippen LogP contribution in [0.5, 0.6) is 0 Å². The summed E-state index contributed by atoms with van der Waals surface area (Å²) in [6.07, 6.45) is -25.9. The van der Waals surface area contributed by atoms with Crippen LogP contribution in [0, 0.1) is 39.9 Å². The minimum atomic E-state index is -2.24. The Kier molecular flexibility index (Phi) is 44.0. The molecule has 0 saturated heterocycles. The van der Waals surface area contributed by atoms with Crippen molar-refractivity contribution in [2.45, 2.75) is 98.9 Å². The molecule has 0 aromatic carbocycles. The van der Waals surface area contributed by atoms with Gasteiger partial charge in [-0.15, -0.1) is 0 Å². The molecule has 0 heterocycles. The average molecular weight is 1370 g/mol. The van der Waals surface area contributed by atoms with Gasteiger partial charge >= 0.3 is 39.9 Å². The SMILES string of the molecule is O=C([O-])CN(CCN(CC(=O)[O-])CC(=O)N(CCNC(=O)[C@@H](O)[C@@H](O)[C@@H](O)CCO)CCNC(=O)[C@@H](O)[C@@H](O)[C@@H](O)CCO)CCN(CC(=O)[O-])CC(=O)N(CCNC(=O)[C@@H](O)[C@@H](O)[C@@H](O)CCO)CCNC(=O)[C@@H](O)[C@@H](O)[C@@H](O)CCO.[Gd+3]. The van der Waals surface area contributed by atoms with Crippen LogP contribution in [0.2, 0.25) is 0 Å². The van der Waals surface area contributed by atoms with E-state index in [9.17, 15) is 120 Å². The largest absolute Gasteiger partial charge is 3.00 e. The third kappa shape index (κ3) is 33.1.